The fraction of sp³-hybridized carbons (Fsp3) is 0.158. The number of hydrogen-bond donors (Lipinski definition) is 1. The van der Waals surface area contributed by atoms with Crippen molar-refractivity contribution in [2.24, 2.45) is 0 Å². The largest absolute Gasteiger partial charge is 0.573 e. The SMILES string of the molecule is O=C(NCc1cccnc1)c1ccc(COc2ccc(OC(F)(F)F)cc2)o1. The third kappa shape index (κ3) is 5.76. The molecule has 6 nitrogen and oxygen atoms in total. The highest BCUT2D eigenvalue weighted by Gasteiger charge is 2.30. The summed E-state index contributed by atoms with van der Waals surface area (Å²) in [6.45, 7) is 0.320. The Morgan fingerprint density at radius 2 is 1.82 bits per heavy atom. The smallest absolute Gasteiger partial charge is 0.486 e. The van der Waals surface area contributed by atoms with E-state index >= 15 is 0 Å². The molecule has 146 valence electrons. The Kier molecular flexibility index (Phi) is 5.83. The number of halogens is 3. The standard InChI is InChI=1S/C19H15F3N2O4/c20-19(21,22)28-15-5-3-14(4-6-15)26-12-16-7-8-17(27-16)18(25)24-11-13-2-1-9-23-10-13/h1-10H,11-12H2,(H,24,25). The van der Waals surface area contributed by atoms with Gasteiger partial charge in [0.2, 0.25) is 0 Å². The molecule has 0 bridgehead atoms. The second-order valence-corrected chi connectivity index (χ2v) is 5.62. The molecule has 1 aromatic carbocycles. The molecule has 2 aromatic heterocycles. The van der Waals surface area contributed by atoms with Crippen molar-refractivity contribution in [3.8, 4) is 11.5 Å². The number of carbonyl (C=O) groups excluding carboxylic acids is 1. The summed E-state index contributed by atoms with van der Waals surface area (Å²) in [5, 5.41) is 2.71. The van der Waals surface area contributed by atoms with Gasteiger partial charge in [-0.05, 0) is 48.0 Å². The molecule has 0 aliphatic rings. The molecule has 0 saturated heterocycles. The minimum Gasteiger partial charge on any atom is -0.486 e. The van der Waals surface area contributed by atoms with Crippen molar-refractivity contribution >= 4 is 5.91 Å². The van der Waals surface area contributed by atoms with Gasteiger partial charge in [-0.1, -0.05) is 6.07 Å². The van der Waals surface area contributed by atoms with Crippen LogP contribution in [0.3, 0.4) is 0 Å². The Balaban J connectivity index is 1.49. The van der Waals surface area contributed by atoms with E-state index in [0.29, 0.717) is 18.1 Å². The van der Waals surface area contributed by atoms with Crippen LogP contribution in [0, 0.1) is 0 Å². The number of aromatic nitrogens is 1. The second-order valence-electron chi connectivity index (χ2n) is 5.62. The summed E-state index contributed by atoms with van der Waals surface area (Å²) in [6, 6.07) is 11.7. The maximum atomic E-state index is 12.1. The maximum absolute atomic E-state index is 12.1. The average molecular weight is 392 g/mol. The number of nitrogens with zero attached hydrogens (tertiary/aromatic N) is 1. The Bertz CT molecular complexity index is 909. The van der Waals surface area contributed by atoms with Crippen LogP contribution in [0.2, 0.25) is 0 Å². The summed E-state index contributed by atoms with van der Waals surface area (Å²) in [7, 11) is 0. The van der Waals surface area contributed by atoms with Crippen LogP contribution in [-0.2, 0) is 13.2 Å². The molecule has 0 aliphatic carbocycles. The predicted octanol–water partition coefficient (Wildman–Crippen LogP) is 4.08. The van der Waals surface area contributed by atoms with Crippen molar-refractivity contribution in [1.29, 1.82) is 0 Å². The Hall–Kier alpha value is -3.49. The van der Waals surface area contributed by atoms with Gasteiger partial charge in [-0.15, -0.1) is 13.2 Å². The molecular weight excluding hydrogens is 377 g/mol. The van der Waals surface area contributed by atoms with Gasteiger partial charge in [0.25, 0.3) is 5.91 Å². The monoisotopic (exact) mass is 392 g/mol. The van der Waals surface area contributed by atoms with E-state index in [0.717, 1.165) is 17.7 Å². The van der Waals surface area contributed by atoms with Gasteiger partial charge in [-0.25, -0.2) is 0 Å². The van der Waals surface area contributed by atoms with Crippen LogP contribution in [-0.4, -0.2) is 17.3 Å². The first-order valence-electron chi connectivity index (χ1n) is 8.13. The number of ether oxygens (including phenoxy) is 2. The molecule has 0 radical (unpaired) electrons. The van der Waals surface area contributed by atoms with E-state index in [2.05, 4.69) is 15.0 Å². The normalized spacial score (nSPS) is 11.1. The van der Waals surface area contributed by atoms with Gasteiger partial charge in [0, 0.05) is 18.9 Å². The number of benzene rings is 1. The third-order valence-corrected chi connectivity index (χ3v) is 3.50. The van der Waals surface area contributed by atoms with Gasteiger partial charge >= 0.3 is 6.36 Å². The molecule has 0 aliphatic heterocycles. The van der Waals surface area contributed by atoms with Crippen molar-refractivity contribution in [2.75, 3.05) is 0 Å². The van der Waals surface area contributed by atoms with Crippen LogP contribution in [0.25, 0.3) is 0 Å². The summed E-state index contributed by atoms with van der Waals surface area (Å²) in [5.41, 5.74) is 0.851. The van der Waals surface area contributed by atoms with Crippen molar-refractivity contribution in [3.05, 3.63) is 78.0 Å². The lowest BCUT2D eigenvalue weighted by Crippen LogP contribution is -2.22. The van der Waals surface area contributed by atoms with Crippen LogP contribution in [0.15, 0.2) is 65.3 Å². The molecule has 0 atom stereocenters. The number of carbonyl (C=O) groups is 1. The number of nitrogens with one attached hydrogen (secondary N) is 1. The highest BCUT2D eigenvalue weighted by Crippen LogP contribution is 2.25. The number of furan rings is 1. The minimum absolute atomic E-state index is 0.00929. The molecule has 0 saturated carbocycles. The summed E-state index contributed by atoms with van der Waals surface area (Å²) in [5.74, 6) is 0.112. The van der Waals surface area contributed by atoms with Gasteiger partial charge in [0.15, 0.2) is 5.76 Å². The summed E-state index contributed by atoms with van der Waals surface area (Å²) >= 11 is 0. The molecule has 0 unspecified atom stereocenters. The molecule has 0 spiro atoms. The van der Waals surface area contributed by atoms with E-state index in [4.69, 9.17) is 9.15 Å². The second kappa shape index (κ2) is 8.47. The molecule has 9 heteroatoms. The first kappa shape index (κ1) is 19.3. The molecule has 2 heterocycles. The van der Waals surface area contributed by atoms with Crippen LogP contribution < -0.4 is 14.8 Å². The lowest BCUT2D eigenvalue weighted by Gasteiger charge is -2.09. The first-order chi connectivity index (χ1) is 13.4. The fourth-order valence-corrected chi connectivity index (χ4v) is 2.24. The average Bonchev–Trinajstić information content (AvgIpc) is 3.14. The number of rotatable bonds is 7. The quantitative estimate of drug-likeness (QED) is 0.656. The van der Waals surface area contributed by atoms with Gasteiger partial charge in [-0.2, -0.15) is 0 Å². The molecule has 0 fully saturated rings. The van der Waals surface area contributed by atoms with Crippen LogP contribution in [0.5, 0.6) is 11.5 Å². The van der Waals surface area contributed by atoms with Gasteiger partial charge in [-0.3, -0.25) is 9.78 Å². The van der Waals surface area contributed by atoms with Gasteiger partial charge < -0.3 is 19.2 Å². The van der Waals surface area contributed by atoms with Crippen LogP contribution >= 0.6 is 0 Å². The minimum atomic E-state index is -4.75. The van der Waals surface area contributed by atoms with Crippen molar-refractivity contribution in [2.45, 2.75) is 19.5 Å². The van der Waals surface area contributed by atoms with Crippen molar-refractivity contribution in [1.82, 2.24) is 10.3 Å². The van der Waals surface area contributed by atoms with E-state index in [1.54, 1.807) is 24.5 Å². The number of amides is 1. The summed E-state index contributed by atoms with van der Waals surface area (Å²) in [6.07, 6.45) is -1.46. The Morgan fingerprint density at radius 1 is 1.07 bits per heavy atom. The van der Waals surface area contributed by atoms with Crippen LogP contribution in [0.1, 0.15) is 21.9 Å². The van der Waals surface area contributed by atoms with E-state index in [1.807, 2.05) is 6.07 Å². The van der Waals surface area contributed by atoms with E-state index in [1.165, 1.54) is 18.2 Å². The molecule has 3 aromatic rings. The zero-order valence-electron chi connectivity index (χ0n) is 14.4. The molecular formula is C19H15F3N2O4. The van der Waals surface area contributed by atoms with Crippen molar-refractivity contribution < 1.29 is 31.9 Å². The van der Waals surface area contributed by atoms with Gasteiger partial charge in [0.05, 0.1) is 0 Å². The van der Waals surface area contributed by atoms with Crippen LogP contribution in [0.4, 0.5) is 13.2 Å². The zero-order chi connectivity index (χ0) is 20.0. The third-order valence-electron chi connectivity index (χ3n) is 3.50. The number of alkyl halides is 3. The summed E-state index contributed by atoms with van der Waals surface area (Å²) < 4.78 is 51.0. The molecule has 28 heavy (non-hydrogen) atoms. The van der Waals surface area contributed by atoms with E-state index < -0.39 is 6.36 Å². The Labute approximate surface area is 157 Å². The maximum Gasteiger partial charge on any atom is 0.573 e. The highest BCUT2D eigenvalue weighted by atomic mass is 19.4. The van der Waals surface area contributed by atoms with E-state index in [9.17, 15) is 18.0 Å². The Morgan fingerprint density at radius 3 is 2.50 bits per heavy atom. The van der Waals surface area contributed by atoms with Crippen molar-refractivity contribution in [3.63, 3.8) is 0 Å². The fourth-order valence-electron chi connectivity index (χ4n) is 2.24. The predicted molar refractivity (Wildman–Crippen MR) is 91.6 cm³/mol. The summed E-state index contributed by atoms with van der Waals surface area (Å²) in [4.78, 5) is 16.0. The molecule has 3 rings (SSSR count). The number of hydrogen-bond acceptors (Lipinski definition) is 5. The zero-order valence-corrected chi connectivity index (χ0v) is 14.4. The lowest BCUT2D eigenvalue weighted by molar-refractivity contribution is -0.274. The van der Waals surface area contributed by atoms with E-state index in [-0.39, 0.29) is 24.0 Å². The topological polar surface area (TPSA) is 73.6 Å². The molecule has 1 amide bonds. The highest BCUT2D eigenvalue weighted by molar-refractivity contribution is 5.91. The van der Waals surface area contributed by atoms with Gasteiger partial charge in [0.1, 0.15) is 23.9 Å². The lowest BCUT2D eigenvalue weighted by atomic mass is 10.3. The first-order valence-corrected chi connectivity index (χ1v) is 8.13. The number of pyridine rings is 1. The molecule has 1 N–H and O–H groups in total.